The normalized spacial score (nSPS) is 14.0. The molecule has 0 aliphatic carbocycles. The molecular weight excluding hydrogens is 1670 g/mol. The zero-order valence-electron chi connectivity index (χ0n) is 66.4. The topological polar surface area (TPSA) is 440 Å². The Labute approximate surface area is 713 Å². The molecule has 41 heteroatoms. The third kappa shape index (κ3) is 20.6. The molecular formula is C81H75Cl4FN22O14. The van der Waals surface area contributed by atoms with Crippen molar-refractivity contribution in [2.24, 2.45) is 28.2 Å². The van der Waals surface area contributed by atoms with Crippen molar-refractivity contribution in [3.63, 3.8) is 0 Å². The van der Waals surface area contributed by atoms with Crippen LogP contribution in [0.5, 0.6) is 11.6 Å². The van der Waals surface area contributed by atoms with Gasteiger partial charge in [-0.05, 0) is 119 Å². The minimum Gasteiger partial charge on any atom is -0.480 e. The van der Waals surface area contributed by atoms with E-state index in [1.807, 2.05) is 18.2 Å². The summed E-state index contributed by atoms with van der Waals surface area (Å²) >= 11 is 24.3. The lowest BCUT2D eigenvalue weighted by molar-refractivity contribution is -0.148. The first-order valence-corrected chi connectivity index (χ1v) is 39.3. The second-order valence-electron chi connectivity index (χ2n) is 27.9. The number of esters is 4. The fraction of sp³-hybridized carbons (Fsp3) is 0.284. The summed E-state index contributed by atoms with van der Waals surface area (Å²) in [6.07, 6.45) is 7.83. The number of hydrogen-bond donors (Lipinski definition) is 4. The number of nitrogens with one attached hydrogen (secondary N) is 4. The molecule has 4 aliphatic rings. The lowest BCUT2D eigenvalue weighted by Gasteiger charge is -2.19. The number of carbonyl (C=O) groups excluding carboxylic acids is 8. The zero-order valence-corrected chi connectivity index (χ0v) is 69.4. The summed E-state index contributed by atoms with van der Waals surface area (Å²) in [5.41, 5.74) is 11.7. The maximum absolute atomic E-state index is 15.2. The molecule has 0 spiro atoms. The summed E-state index contributed by atoms with van der Waals surface area (Å²) in [5, 5.41) is 44.7. The Kier molecular flexibility index (Phi) is 27.3. The largest absolute Gasteiger partial charge is 0.480 e. The Morgan fingerprint density at radius 2 is 0.869 bits per heavy atom. The third-order valence-corrected chi connectivity index (χ3v) is 20.8. The molecule has 0 fully saturated rings. The van der Waals surface area contributed by atoms with Crippen LogP contribution in [-0.4, -0.2) is 151 Å². The molecule has 2 aromatic carbocycles. The minimum absolute atomic E-state index is 0.00880. The van der Waals surface area contributed by atoms with Gasteiger partial charge in [-0.1, -0.05) is 97.6 Å². The maximum Gasteiger partial charge on any atom is 0.312 e. The summed E-state index contributed by atoms with van der Waals surface area (Å²) in [5.74, 6) is -1.98. The van der Waals surface area contributed by atoms with Gasteiger partial charge >= 0.3 is 23.9 Å². The van der Waals surface area contributed by atoms with Crippen LogP contribution in [-0.2, 0) is 124 Å². The van der Waals surface area contributed by atoms with E-state index < -0.39 is 54.1 Å². The molecule has 4 amide bonds. The number of fused-ring (bicyclic) bond motifs is 4. The molecule has 122 heavy (non-hydrogen) atoms. The molecule has 0 saturated carbocycles. The average Bonchev–Trinajstić information content (AvgIpc) is 0.907. The van der Waals surface area contributed by atoms with E-state index in [9.17, 15) is 38.4 Å². The van der Waals surface area contributed by atoms with E-state index in [0.717, 1.165) is 29.7 Å². The Morgan fingerprint density at radius 1 is 0.451 bits per heavy atom. The molecule has 0 saturated heterocycles. The van der Waals surface area contributed by atoms with Crippen LogP contribution >= 0.6 is 46.4 Å². The van der Waals surface area contributed by atoms with Crippen LogP contribution in [0.3, 0.4) is 0 Å². The van der Waals surface area contributed by atoms with Gasteiger partial charge < -0.3 is 49.7 Å². The predicted octanol–water partition coefficient (Wildman–Crippen LogP) is 11.3. The van der Waals surface area contributed by atoms with Gasteiger partial charge in [0.2, 0.25) is 17.7 Å². The molecule has 12 aromatic rings. The highest BCUT2D eigenvalue weighted by molar-refractivity contribution is 6.31. The van der Waals surface area contributed by atoms with E-state index in [1.54, 1.807) is 158 Å². The van der Waals surface area contributed by atoms with Gasteiger partial charge in [0.15, 0.2) is 24.8 Å². The summed E-state index contributed by atoms with van der Waals surface area (Å²) in [7, 11) is 6.72. The highest BCUT2D eigenvalue weighted by Gasteiger charge is 2.31. The monoisotopic (exact) mass is 1740 g/mol. The molecule has 4 N–H and O–H groups in total. The summed E-state index contributed by atoms with van der Waals surface area (Å²) < 4.78 is 54.0. The van der Waals surface area contributed by atoms with Gasteiger partial charge in [0.1, 0.15) is 79.3 Å². The predicted molar refractivity (Wildman–Crippen MR) is 438 cm³/mol. The molecule has 0 radical (unpaired) electrons. The van der Waals surface area contributed by atoms with Gasteiger partial charge in [0, 0.05) is 128 Å². The first-order valence-electron chi connectivity index (χ1n) is 37.8. The minimum atomic E-state index is -0.609. The molecule has 10 aromatic heterocycles. The number of carbonyl (C=O) groups is 8. The Morgan fingerprint density at radius 3 is 1.38 bits per heavy atom. The van der Waals surface area contributed by atoms with E-state index in [-0.39, 0.29) is 102 Å². The highest BCUT2D eigenvalue weighted by Crippen LogP contribution is 2.38. The van der Waals surface area contributed by atoms with Crippen molar-refractivity contribution in [3.8, 4) is 56.8 Å². The Bertz CT molecular complexity index is 5850. The number of amides is 4. The zero-order chi connectivity index (χ0) is 86.6. The molecule has 16 rings (SSSR count). The van der Waals surface area contributed by atoms with Crippen LogP contribution in [0.15, 0.2) is 128 Å². The quantitative estimate of drug-likeness (QED) is 0.0313. The number of ether oxygens (including phenoxy) is 6. The molecule has 0 unspecified atom stereocenters. The van der Waals surface area contributed by atoms with Crippen LogP contribution in [0.4, 0.5) is 27.3 Å². The molecule has 4 atom stereocenters. The van der Waals surface area contributed by atoms with E-state index in [2.05, 4.69) is 92.4 Å². The van der Waals surface area contributed by atoms with Crippen LogP contribution in [0.1, 0.15) is 128 Å². The first kappa shape index (κ1) is 86.2. The van der Waals surface area contributed by atoms with E-state index in [0.29, 0.717) is 120 Å². The number of aromatic nitrogens is 18. The standard InChI is InChI=1S/C22H22ClN5O3.C21H19ClFN5O3.2C19H17ClN6O4/c1-13(16-6-4-10-24-22(16)23)31-20(30)12-18-21(26-27-28(18)2)15-8-9-17-14(11-15)5-3-7-19(29)25-17;1-11(12-4-3-9-24-21(12)22)31-18(30)10-16-20(26-27-28(16)2)14-5-7-15-13(19(14)23)6-8-17(29)25-15;1-10(11-4-3-7-21-18(11)20)30-16(28)8-14-17(24-25-26(14)2)12-5-6-13-19(23-12)29-9-15(27)22-13;1-10(12-4-3-5-21-18(12)20)30-16(28)7-13-17(24-25-26(13)2)11-6-14-19(22-8-11)23-15(27)9-29-14/h4,6,8-11,13H,3,5,7,12H2,1-2H3,(H,25,29);3-5,7,9,11H,6,8,10H2,1-2H3,(H,25,29);3-7,10H,8-9H2,1-2H3,(H,22,27);3-6,8,10H,7,9H2,1-2H3,(H,22,23,27)/t13-;11-;2*10-/m1111/s1. The van der Waals surface area contributed by atoms with Crippen LogP contribution < -0.4 is 30.7 Å². The van der Waals surface area contributed by atoms with Crippen molar-refractivity contribution in [1.82, 2.24) is 89.9 Å². The smallest absolute Gasteiger partial charge is 0.312 e. The SMILES string of the molecule is C[C@@H](OC(=O)Cc1c(-c2ccc3c(c2)CCCC(=O)N3)nnn1C)c1cccnc1Cl.C[C@@H](OC(=O)Cc1c(-c2ccc3c(c2F)CCC(=O)N3)nnn1C)c1cccnc1Cl.C[C@@H](OC(=O)Cc1c(-c2ccc3c(n2)OCC(=O)N3)nnn1C)c1cccnc1Cl.C[C@@H](OC(=O)Cc1c(-c2cnc3c(c2)OCC(=O)N3)nnn1C)c1cccnc1Cl. The van der Waals surface area contributed by atoms with Gasteiger partial charge in [-0.25, -0.2) is 34.3 Å². The fourth-order valence-corrected chi connectivity index (χ4v) is 14.3. The number of anilines is 4. The van der Waals surface area contributed by atoms with E-state index in [4.69, 9.17) is 74.8 Å². The van der Waals surface area contributed by atoms with Crippen molar-refractivity contribution < 1.29 is 71.2 Å². The lowest BCUT2D eigenvalue weighted by atomic mass is 9.97. The van der Waals surface area contributed by atoms with Gasteiger partial charge in [-0.3, -0.25) is 57.1 Å². The number of benzene rings is 2. The van der Waals surface area contributed by atoms with Gasteiger partial charge in [0.05, 0.1) is 54.2 Å². The molecule has 628 valence electrons. The van der Waals surface area contributed by atoms with Crippen molar-refractivity contribution >= 4 is 117 Å². The van der Waals surface area contributed by atoms with Crippen LogP contribution in [0.2, 0.25) is 20.6 Å². The van der Waals surface area contributed by atoms with Gasteiger partial charge in [0.25, 0.3) is 11.8 Å². The number of rotatable bonds is 20. The van der Waals surface area contributed by atoms with E-state index in [1.165, 1.54) is 26.3 Å². The second-order valence-corrected chi connectivity index (χ2v) is 29.3. The Hall–Kier alpha value is -13.7. The molecule has 0 bridgehead atoms. The fourth-order valence-electron chi connectivity index (χ4n) is 13.2. The molecule has 36 nitrogen and oxygen atoms in total. The van der Waals surface area contributed by atoms with Crippen molar-refractivity contribution in [2.75, 3.05) is 34.5 Å². The number of hydrogen-bond acceptors (Lipinski definition) is 28. The first-order chi connectivity index (χ1) is 58.6. The molecule has 4 aliphatic heterocycles. The second kappa shape index (κ2) is 38.6. The van der Waals surface area contributed by atoms with Crippen LogP contribution in [0.25, 0.3) is 45.2 Å². The van der Waals surface area contributed by atoms with E-state index >= 15 is 4.39 Å². The van der Waals surface area contributed by atoms with Gasteiger partial charge in [-0.15, -0.1) is 20.4 Å². The Balaban J connectivity index is 0.000000140. The maximum atomic E-state index is 15.2. The van der Waals surface area contributed by atoms with Crippen LogP contribution in [0, 0.1) is 5.82 Å². The average molecular weight is 1740 g/mol. The number of nitrogens with zero attached hydrogens (tertiary/aromatic N) is 18. The number of halogens is 5. The molecule has 14 heterocycles. The number of pyridine rings is 6. The third-order valence-electron chi connectivity index (χ3n) is 19.5. The highest BCUT2D eigenvalue weighted by atomic mass is 35.5. The number of aryl methyl sites for hydroxylation is 5. The van der Waals surface area contributed by atoms with Crippen molar-refractivity contribution in [3.05, 3.63) is 211 Å². The van der Waals surface area contributed by atoms with Crippen molar-refractivity contribution in [2.45, 2.75) is 110 Å². The van der Waals surface area contributed by atoms with Gasteiger partial charge in [-0.2, -0.15) is 0 Å². The summed E-state index contributed by atoms with van der Waals surface area (Å²) in [6, 6.07) is 27.8. The van der Waals surface area contributed by atoms with Crippen molar-refractivity contribution in [1.29, 1.82) is 0 Å². The summed E-state index contributed by atoms with van der Waals surface area (Å²) in [4.78, 5) is 121. The summed E-state index contributed by atoms with van der Waals surface area (Å²) in [6.45, 7) is 6.69. The lowest BCUT2D eigenvalue weighted by Crippen LogP contribution is -2.26.